The van der Waals surface area contributed by atoms with Gasteiger partial charge in [-0.2, -0.15) is 0 Å². The minimum absolute atomic E-state index is 0.00732. The van der Waals surface area contributed by atoms with Gasteiger partial charge in [-0.1, -0.05) is 29.3 Å². The molecule has 2 aliphatic heterocycles. The van der Waals surface area contributed by atoms with Crippen molar-refractivity contribution in [1.82, 2.24) is 4.90 Å². The fourth-order valence-corrected chi connectivity index (χ4v) is 5.30. The third-order valence-corrected chi connectivity index (χ3v) is 7.25. The number of phenolic OH excluding ortho intramolecular Hbond substituents is 1. The second-order valence-electron chi connectivity index (χ2n) is 8.10. The predicted octanol–water partition coefficient (Wildman–Crippen LogP) is 6.51. The fourth-order valence-electron chi connectivity index (χ4n) is 4.08. The molecule has 0 spiro atoms. The number of anilines is 1. The third kappa shape index (κ3) is 4.43. The molecule has 2 N–H and O–H groups in total. The lowest BCUT2D eigenvalue weighted by Gasteiger charge is -2.20. The number of rotatable bonds is 0. The van der Waals surface area contributed by atoms with E-state index in [0.717, 1.165) is 18.0 Å². The van der Waals surface area contributed by atoms with Gasteiger partial charge < -0.3 is 19.5 Å². The molecule has 5 nitrogen and oxygen atoms in total. The van der Waals surface area contributed by atoms with Crippen LogP contribution < -0.4 is 4.72 Å². The van der Waals surface area contributed by atoms with Crippen LogP contribution in [0.5, 0.6) is 5.75 Å². The Labute approximate surface area is 208 Å². The van der Waals surface area contributed by atoms with E-state index in [1.807, 2.05) is 0 Å². The van der Waals surface area contributed by atoms with Gasteiger partial charge in [-0.15, -0.1) is 0 Å². The second kappa shape index (κ2) is 9.26. The van der Waals surface area contributed by atoms with E-state index in [4.69, 9.17) is 27.9 Å². The van der Waals surface area contributed by atoms with Crippen LogP contribution >= 0.6 is 35.1 Å². The van der Waals surface area contributed by atoms with E-state index in [0.29, 0.717) is 41.2 Å². The first kappa shape index (κ1) is 23.2. The molecule has 6 bridgehead atoms. The average Bonchev–Trinajstić information content (AvgIpc) is 3.28. The molecule has 0 saturated carbocycles. The Bertz CT molecular complexity index is 1310. The van der Waals surface area contributed by atoms with Gasteiger partial charge in [0.15, 0.2) is 0 Å². The summed E-state index contributed by atoms with van der Waals surface area (Å²) in [5.41, 5.74) is 1.58. The molecule has 2 aliphatic rings. The van der Waals surface area contributed by atoms with Crippen molar-refractivity contribution in [2.24, 2.45) is 0 Å². The molecule has 1 unspecified atom stereocenters. The minimum Gasteiger partial charge on any atom is -0.505 e. The van der Waals surface area contributed by atoms with Crippen LogP contribution in [0, 0.1) is 11.6 Å². The largest absolute Gasteiger partial charge is 0.505 e. The number of halogens is 4. The lowest BCUT2D eigenvalue weighted by molar-refractivity contribution is 0.0439. The zero-order valence-corrected chi connectivity index (χ0v) is 19.9. The number of nitrogens with zero attached hydrogens (tertiary/aromatic N) is 1. The van der Waals surface area contributed by atoms with Gasteiger partial charge in [0.1, 0.15) is 17.4 Å². The first-order valence-electron chi connectivity index (χ1n) is 10.4. The van der Waals surface area contributed by atoms with Crippen molar-refractivity contribution in [3.8, 4) is 16.9 Å². The number of fused-ring (bicyclic) bond motifs is 8. The molecule has 1 saturated heterocycles. The Morgan fingerprint density at radius 2 is 1.91 bits per heavy atom. The number of amides is 1. The number of phenols is 1. The van der Waals surface area contributed by atoms with Crippen molar-refractivity contribution >= 4 is 46.7 Å². The van der Waals surface area contributed by atoms with E-state index in [9.17, 15) is 18.7 Å². The Balaban J connectivity index is 1.63. The van der Waals surface area contributed by atoms with Crippen molar-refractivity contribution in [3.63, 3.8) is 0 Å². The lowest BCUT2D eigenvalue weighted by atomic mass is 9.99. The van der Waals surface area contributed by atoms with E-state index in [-0.39, 0.29) is 45.5 Å². The standard InChI is InChI=1S/C24H18Cl2F2N2O3S/c25-14-2-1-12-11-33-15-3-4-30(10-15)24(32)13-5-18(26)23(31)22(6-13)34-29-21-8-17(16(12)7-14)19(27)9-20(21)28/h1-2,5-9,15,29,31H,3-4,10-11H2. The maximum absolute atomic E-state index is 14.9. The van der Waals surface area contributed by atoms with Gasteiger partial charge in [0.05, 0.1) is 28.3 Å². The highest BCUT2D eigenvalue weighted by atomic mass is 35.5. The van der Waals surface area contributed by atoms with Crippen LogP contribution in [-0.2, 0) is 11.3 Å². The van der Waals surface area contributed by atoms with Crippen molar-refractivity contribution in [2.45, 2.75) is 24.0 Å². The van der Waals surface area contributed by atoms with Crippen molar-refractivity contribution in [3.05, 3.63) is 75.3 Å². The van der Waals surface area contributed by atoms with Gasteiger partial charge in [0.2, 0.25) is 0 Å². The molecule has 2 heterocycles. The number of ether oxygens (including phenoxy) is 1. The van der Waals surface area contributed by atoms with Crippen LogP contribution in [-0.4, -0.2) is 35.1 Å². The zero-order valence-electron chi connectivity index (χ0n) is 17.6. The number of benzene rings is 3. The quantitative estimate of drug-likeness (QED) is 0.329. The summed E-state index contributed by atoms with van der Waals surface area (Å²) in [5.74, 6) is -2.07. The third-order valence-electron chi connectivity index (χ3n) is 5.87. The molecule has 34 heavy (non-hydrogen) atoms. The van der Waals surface area contributed by atoms with Crippen LogP contribution in [0.15, 0.2) is 47.4 Å². The molecule has 0 radical (unpaired) electrons. The molecule has 0 aliphatic carbocycles. The first-order chi connectivity index (χ1) is 16.3. The zero-order chi connectivity index (χ0) is 24.0. The number of carbonyl (C=O) groups excluding carboxylic acids is 1. The summed E-state index contributed by atoms with van der Waals surface area (Å²) in [6.45, 7) is 1.05. The highest BCUT2D eigenvalue weighted by Crippen LogP contribution is 2.39. The summed E-state index contributed by atoms with van der Waals surface area (Å²) in [4.78, 5) is 15.0. The molecule has 3 aromatic rings. The summed E-state index contributed by atoms with van der Waals surface area (Å²) < 4.78 is 38.4. The molecule has 1 atom stereocenters. The first-order valence-corrected chi connectivity index (χ1v) is 12.0. The van der Waals surface area contributed by atoms with Crippen LogP contribution in [0.3, 0.4) is 0 Å². The van der Waals surface area contributed by atoms with Gasteiger partial charge >= 0.3 is 0 Å². The van der Waals surface area contributed by atoms with E-state index in [2.05, 4.69) is 4.72 Å². The number of hydrogen-bond donors (Lipinski definition) is 2. The van der Waals surface area contributed by atoms with E-state index >= 15 is 0 Å². The maximum Gasteiger partial charge on any atom is 0.254 e. The van der Waals surface area contributed by atoms with Gasteiger partial charge in [0, 0.05) is 35.3 Å². The van der Waals surface area contributed by atoms with Gasteiger partial charge in [-0.25, -0.2) is 8.78 Å². The molecular weight excluding hydrogens is 505 g/mol. The molecule has 5 rings (SSSR count). The highest BCUT2D eigenvalue weighted by Gasteiger charge is 2.29. The maximum atomic E-state index is 14.9. The van der Waals surface area contributed by atoms with Crippen molar-refractivity contribution in [2.75, 3.05) is 17.8 Å². The summed E-state index contributed by atoms with van der Waals surface area (Å²) in [6.07, 6.45) is 0.427. The summed E-state index contributed by atoms with van der Waals surface area (Å²) in [7, 11) is 0. The number of aromatic hydroxyl groups is 1. The molecule has 1 amide bonds. The average molecular weight is 523 g/mol. The molecule has 176 valence electrons. The molecule has 3 aromatic carbocycles. The van der Waals surface area contributed by atoms with Crippen LogP contribution in [0.25, 0.3) is 11.1 Å². The van der Waals surface area contributed by atoms with Gasteiger partial charge in [-0.3, -0.25) is 4.79 Å². The van der Waals surface area contributed by atoms with E-state index in [1.54, 1.807) is 23.1 Å². The number of nitrogens with one attached hydrogen (secondary N) is 1. The Morgan fingerprint density at radius 3 is 2.74 bits per heavy atom. The Morgan fingerprint density at radius 1 is 1.09 bits per heavy atom. The monoisotopic (exact) mass is 522 g/mol. The second-order valence-corrected chi connectivity index (χ2v) is 9.79. The fraction of sp³-hybridized carbons (Fsp3) is 0.208. The predicted molar refractivity (Wildman–Crippen MR) is 128 cm³/mol. The topological polar surface area (TPSA) is 61.8 Å². The molecule has 10 heteroatoms. The van der Waals surface area contributed by atoms with Crippen LogP contribution in [0.4, 0.5) is 14.5 Å². The molecule has 0 aromatic heterocycles. The SMILES string of the molecule is O=C1c2cc(Cl)c(O)c(c2)SNc2cc(c(F)cc2F)-c2cc(Cl)ccc2COC2CCN1C2. The van der Waals surface area contributed by atoms with Crippen molar-refractivity contribution in [1.29, 1.82) is 0 Å². The highest BCUT2D eigenvalue weighted by molar-refractivity contribution is 8.00. The number of carbonyl (C=O) groups is 1. The van der Waals surface area contributed by atoms with Crippen LogP contribution in [0.1, 0.15) is 22.3 Å². The Hall–Kier alpha value is -2.52. The van der Waals surface area contributed by atoms with E-state index < -0.39 is 11.6 Å². The lowest BCUT2D eigenvalue weighted by Crippen LogP contribution is -2.30. The number of hydrogen-bond acceptors (Lipinski definition) is 5. The Kier molecular flexibility index (Phi) is 6.33. The van der Waals surface area contributed by atoms with Gasteiger partial charge in [0.25, 0.3) is 5.91 Å². The van der Waals surface area contributed by atoms with Gasteiger partial charge in [-0.05, 0) is 59.8 Å². The molecular formula is C24H18Cl2F2N2O3S. The summed E-state index contributed by atoms with van der Waals surface area (Å²) in [6, 6.07) is 10.0. The van der Waals surface area contributed by atoms with Crippen molar-refractivity contribution < 1.29 is 23.4 Å². The summed E-state index contributed by atoms with van der Waals surface area (Å²) >= 11 is 13.2. The minimum atomic E-state index is -0.823. The summed E-state index contributed by atoms with van der Waals surface area (Å²) in [5, 5.41) is 10.8. The smallest absolute Gasteiger partial charge is 0.254 e. The van der Waals surface area contributed by atoms with Crippen LogP contribution in [0.2, 0.25) is 10.0 Å². The normalized spacial score (nSPS) is 17.9. The van der Waals surface area contributed by atoms with E-state index in [1.165, 1.54) is 18.2 Å². The molecule has 1 fully saturated rings.